The maximum Gasteiger partial charge on any atom is 0.215 e. The zero-order chi connectivity index (χ0) is 25.7. The quantitative estimate of drug-likeness (QED) is 0.274. The summed E-state index contributed by atoms with van der Waals surface area (Å²) < 4.78 is 30.0. The SMILES string of the molecule is C=Cc1ccc(N2CCC(Oc3cc(N4CCc5cc(S(C)(=O)=O)ccc54)ccn3)CC2)nc1.CI. The van der Waals surface area contributed by atoms with Crippen LogP contribution in [0.25, 0.3) is 6.08 Å². The smallest absolute Gasteiger partial charge is 0.215 e. The zero-order valence-electron chi connectivity index (χ0n) is 20.6. The van der Waals surface area contributed by atoms with Crippen LogP contribution in [0.5, 0.6) is 5.88 Å². The second-order valence-electron chi connectivity index (χ2n) is 8.77. The monoisotopic (exact) mass is 618 g/mol. The van der Waals surface area contributed by atoms with Gasteiger partial charge >= 0.3 is 0 Å². The molecule has 0 saturated carbocycles. The number of piperidine rings is 1. The number of ether oxygens (including phenoxy) is 1. The molecule has 0 N–H and O–H groups in total. The first kappa shape index (κ1) is 26.4. The maximum atomic E-state index is 11.9. The average molecular weight is 619 g/mol. The molecule has 5 rings (SSSR count). The number of pyridine rings is 2. The van der Waals surface area contributed by atoms with Gasteiger partial charge in [0.1, 0.15) is 11.9 Å². The van der Waals surface area contributed by atoms with Gasteiger partial charge in [-0.1, -0.05) is 35.2 Å². The minimum absolute atomic E-state index is 0.106. The van der Waals surface area contributed by atoms with Crippen molar-refractivity contribution in [3.63, 3.8) is 0 Å². The molecule has 1 saturated heterocycles. The number of sulfone groups is 1. The van der Waals surface area contributed by atoms with E-state index in [-0.39, 0.29) is 6.10 Å². The van der Waals surface area contributed by atoms with Crippen molar-refractivity contribution in [2.45, 2.75) is 30.3 Å². The van der Waals surface area contributed by atoms with E-state index >= 15 is 0 Å². The number of fused-ring (bicyclic) bond motifs is 1. The third-order valence-electron chi connectivity index (χ3n) is 6.46. The fourth-order valence-corrected chi connectivity index (χ4v) is 5.26. The van der Waals surface area contributed by atoms with Crippen LogP contribution in [0.3, 0.4) is 0 Å². The molecule has 0 radical (unpaired) electrons. The molecule has 36 heavy (non-hydrogen) atoms. The topological polar surface area (TPSA) is 75.6 Å². The highest BCUT2D eigenvalue weighted by atomic mass is 127. The molecule has 0 amide bonds. The van der Waals surface area contributed by atoms with Gasteiger partial charge in [0.25, 0.3) is 0 Å². The van der Waals surface area contributed by atoms with Gasteiger partial charge in [0, 0.05) is 68.6 Å². The molecule has 4 heterocycles. The van der Waals surface area contributed by atoms with Crippen LogP contribution in [-0.2, 0) is 16.3 Å². The van der Waals surface area contributed by atoms with Gasteiger partial charge in [-0.2, -0.15) is 0 Å². The Morgan fingerprint density at radius 2 is 1.83 bits per heavy atom. The summed E-state index contributed by atoms with van der Waals surface area (Å²) in [5.74, 6) is 1.60. The first-order valence-electron chi connectivity index (χ1n) is 11.9. The van der Waals surface area contributed by atoms with Crippen LogP contribution >= 0.6 is 22.6 Å². The summed E-state index contributed by atoms with van der Waals surface area (Å²) in [7, 11) is -3.21. The second kappa shape index (κ2) is 11.6. The van der Waals surface area contributed by atoms with Gasteiger partial charge in [-0.05, 0) is 58.9 Å². The van der Waals surface area contributed by atoms with E-state index < -0.39 is 9.84 Å². The molecule has 0 spiro atoms. The van der Waals surface area contributed by atoms with E-state index in [1.807, 2.05) is 41.5 Å². The Hall–Kier alpha value is -2.66. The Kier molecular flexibility index (Phi) is 8.50. The van der Waals surface area contributed by atoms with E-state index in [0.717, 1.165) is 67.2 Å². The van der Waals surface area contributed by atoms with Gasteiger partial charge in [0.15, 0.2) is 9.84 Å². The van der Waals surface area contributed by atoms with E-state index in [1.165, 1.54) is 6.26 Å². The molecule has 0 atom stereocenters. The molecule has 2 aliphatic rings. The number of anilines is 3. The lowest BCUT2D eigenvalue weighted by atomic mass is 10.1. The molecule has 0 aliphatic carbocycles. The van der Waals surface area contributed by atoms with E-state index in [1.54, 1.807) is 24.4 Å². The second-order valence-corrected chi connectivity index (χ2v) is 10.8. The van der Waals surface area contributed by atoms with Crippen molar-refractivity contribution in [3.05, 3.63) is 72.6 Å². The molecule has 0 unspecified atom stereocenters. The minimum Gasteiger partial charge on any atom is -0.474 e. The molecule has 190 valence electrons. The van der Waals surface area contributed by atoms with Crippen LogP contribution in [-0.4, -0.2) is 55.3 Å². The largest absolute Gasteiger partial charge is 0.474 e. The predicted molar refractivity (Wildman–Crippen MR) is 155 cm³/mol. The van der Waals surface area contributed by atoms with Crippen LogP contribution in [0, 0.1) is 0 Å². The van der Waals surface area contributed by atoms with Crippen molar-refractivity contribution in [1.82, 2.24) is 9.97 Å². The third kappa shape index (κ3) is 6.00. The summed E-state index contributed by atoms with van der Waals surface area (Å²) in [4.78, 5) is 15.8. The summed E-state index contributed by atoms with van der Waals surface area (Å²) in [5, 5.41) is 0. The number of nitrogens with zero attached hydrogens (tertiary/aromatic N) is 4. The number of aromatic nitrogens is 2. The van der Waals surface area contributed by atoms with Crippen molar-refractivity contribution < 1.29 is 13.2 Å². The summed E-state index contributed by atoms with van der Waals surface area (Å²) in [5.41, 5.74) is 4.10. The van der Waals surface area contributed by atoms with E-state index in [9.17, 15) is 8.42 Å². The number of alkyl halides is 1. The van der Waals surface area contributed by atoms with E-state index in [4.69, 9.17) is 4.74 Å². The fraction of sp³-hybridized carbons (Fsp3) is 0.333. The Balaban J connectivity index is 0.00000148. The highest BCUT2D eigenvalue weighted by molar-refractivity contribution is 14.1. The molecule has 2 aromatic heterocycles. The van der Waals surface area contributed by atoms with Gasteiger partial charge < -0.3 is 14.5 Å². The lowest BCUT2D eigenvalue weighted by Gasteiger charge is -2.32. The van der Waals surface area contributed by atoms with Crippen molar-refractivity contribution >= 4 is 55.7 Å². The highest BCUT2D eigenvalue weighted by Gasteiger charge is 2.25. The lowest BCUT2D eigenvalue weighted by molar-refractivity contribution is 0.164. The molecule has 0 bridgehead atoms. The summed E-state index contributed by atoms with van der Waals surface area (Å²) in [6.07, 6.45) is 9.37. The molecular formula is C27H31IN4O3S. The summed E-state index contributed by atoms with van der Waals surface area (Å²) in [6.45, 7) is 6.33. The minimum atomic E-state index is -3.21. The number of benzene rings is 1. The molecule has 2 aliphatic heterocycles. The van der Waals surface area contributed by atoms with Gasteiger partial charge in [0.05, 0.1) is 4.90 Å². The Bertz CT molecular complexity index is 1310. The molecule has 1 fully saturated rings. The fourth-order valence-electron chi connectivity index (χ4n) is 4.59. The standard InChI is InChI=1S/C26H28N4O3S.CH3I/c1-3-19-4-7-25(28-18-19)29-13-10-22(11-14-29)33-26-17-21(8-12-27-26)30-15-9-20-16-23(34(2,31)32)5-6-24(20)30;1-2/h3-8,12,16-18,22H,1,9-11,13-15H2,2H3;1H3. The maximum absolute atomic E-state index is 11.9. The number of halogens is 1. The van der Waals surface area contributed by atoms with Crippen LogP contribution in [0.1, 0.15) is 24.0 Å². The van der Waals surface area contributed by atoms with E-state index in [2.05, 4.69) is 48.9 Å². The van der Waals surface area contributed by atoms with Crippen molar-refractivity contribution in [2.75, 3.05) is 40.6 Å². The Morgan fingerprint density at radius 3 is 2.50 bits per heavy atom. The van der Waals surface area contributed by atoms with Gasteiger partial charge in [-0.15, -0.1) is 0 Å². The van der Waals surface area contributed by atoms with Gasteiger partial charge in [-0.25, -0.2) is 18.4 Å². The lowest BCUT2D eigenvalue weighted by Crippen LogP contribution is -2.38. The molecule has 3 aromatic rings. The van der Waals surface area contributed by atoms with Crippen LogP contribution in [0.15, 0.2) is 66.3 Å². The predicted octanol–water partition coefficient (Wildman–Crippen LogP) is 5.32. The van der Waals surface area contributed by atoms with Crippen molar-refractivity contribution in [1.29, 1.82) is 0 Å². The van der Waals surface area contributed by atoms with Crippen LogP contribution in [0.4, 0.5) is 17.2 Å². The van der Waals surface area contributed by atoms with Crippen LogP contribution in [0.2, 0.25) is 0 Å². The molecule has 1 aromatic carbocycles. The Morgan fingerprint density at radius 1 is 1.06 bits per heavy atom. The first-order chi connectivity index (χ1) is 17.4. The van der Waals surface area contributed by atoms with Crippen molar-refractivity contribution in [3.8, 4) is 5.88 Å². The summed E-state index contributed by atoms with van der Waals surface area (Å²) >= 11 is 2.15. The molecule has 9 heteroatoms. The van der Waals surface area contributed by atoms with Crippen molar-refractivity contribution in [2.24, 2.45) is 0 Å². The van der Waals surface area contributed by atoms with E-state index in [0.29, 0.717) is 10.8 Å². The number of rotatable bonds is 6. The first-order valence-corrected chi connectivity index (χ1v) is 15.9. The van der Waals surface area contributed by atoms with Gasteiger partial charge in [0.2, 0.25) is 5.88 Å². The van der Waals surface area contributed by atoms with Crippen LogP contribution < -0.4 is 14.5 Å². The number of hydrogen-bond donors (Lipinski definition) is 0. The van der Waals surface area contributed by atoms with Gasteiger partial charge in [-0.3, -0.25) is 0 Å². The normalized spacial score (nSPS) is 15.6. The summed E-state index contributed by atoms with van der Waals surface area (Å²) in [6, 6.07) is 13.4. The number of hydrogen-bond acceptors (Lipinski definition) is 7. The Labute approximate surface area is 227 Å². The zero-order valence-corrected chi connectivity index (χ0v) is 23.6. The molecular weight excluding hydrogens is 587 g/mol. The average Bonchev–Trinajstić information content (AvgIpc) is 3.34. The third-order valence-corrected chi connectivity index (χ3v) is 7.57. The molecule has 7 nitrogen and oxygen atoms in total. The highest BCUT2D eigenvalue weighted by Crippen LogP contribution is 2.36.